The number of rotatable bonds is 11. The number of halogens is 2. The molecular weight excluding hydrogens is 867 g/mol. The van der Waals surface area contributed by atoms with Crippen LogP contribution in [-0.4, -0.2) is 97.0 Å². The zero-order valence-corrected chi connectivity index (χ0v) is 41.6. The van der Waals surface area contributed by atoms with E-state index in [1.165, 1.54) is 0 Å². The van der Waals surface area contributed by atoms with Crippen molar-refractivity contribution < 1.29 is 21.0 Å². The lowest BCUT2D eigenvalue weighted by Gasteiger charge is -2.38. The Balaban J connectivity index is 1.23. The zero-order valence-electron chi connectivity index (χ0n) is 42.6. The van der Waals surface area contributed by atoms with E-state index >= 15 is 8.78 Å². The van der Waals surface area contributed by atoms with E-state index in [1.807, 2.05) is 53.1 Å². The first-order valence-electron chi connectivity index (χ1n) is 25.6. The first-order valence-corrected chi connectivity index (χ1v) is 26.8. The number of nitrogens with zero attached hydrogens (tertiary/aromatic N) is 6. The van der Waals surface area contributed by atoms with Crippen molar-refractivity contribution in [3.05, 3.63) is 119 Å². The Morgan fingerprint density at radius 3 is 2.34 bits per heavy atom. The smallest absolute Gasteiger partial charge is 0.319 e. The minimum atomic E-state index is -2.34. The van der Waals surface area contributed by atoms with E-state index in [2.05, 4.69) is 108 Å². The second-order valence-corrected chi connectivity index (χ2v) is 26.0. The van der Waals surface area contributed by atoms with Crippen LogP contribution in [-0.2, 0) is 4.74 Å². The molecule has 1 saturated carbocycles. The average Bonchev–Trinajstić information content (AvgIpc) is 3.69. The molecule has 5 heterocycles. The summed E-state index contributed by atoms with van der Waals surface area (Å²) in [5.41, 5.74) is 12.3. The van der Waals surface area contributed by atoms with Crippen LogP contribution in [0, 0.1) is 31.2 Å². The van der Waals surface area contributed by atoms with Crippen molar-refractivity contribution in [1.29, 1.82) is 0 Å². The average molecular weight is 933 g/mol. The number of fused-ring (bicyclic) bond motifs is 4. The van der Waals surface area contributed by atoms with E-state index in [0.717, 1.165) is 56.4 Å². The Morgan fingerprint density at radius 2 is 1.65 bits per heavy atom. The van der Waals surface area contributed by atoms with Crippen molar-refractivity contribution in [3.8, 4) is 28.7 Å². The molecule has 5 atom stereocenters. The molecule has 0 bridgehead atoms. The lowest BCUT2D eigenvalue weighted by molar-refractivity contribution is 0.107. The molecule has 2 aromatic heterocycles. The Hall–Kier alpha value is -5.54. The summed E-state index contributed by atoms with van der Waals surface area (Å²) in [4.78, 5) is 24.5. The largest absolute Gasteiger partial charge is 0.461 e. The molecule has 0 radical (unpaired) electrons. The third kappa shape index (κ3) is 8.20. The number of aryl methyl sites for hydroxylation is 2. The molecule has 0 N–H and O–H groups in total. The maximum atomic E-state index is 15.6. The van der Waals surface area contributed by atoms with Gasteiger partial charge in [-0.3, -0.25) is 9.88 Å². The molecule has 0 amide bonds. The van der Waals surface area contributed by atoms with Crippen molar-refractivity contribution in [2.75, 3.05) is 44.3 Å². The highest BCUT2D eigenvalue weighted by atomic mass is 28.3. The molecule has 10 rings (SSSR count). The van der Waals surface area contributed by atoms with Crippen LogP contribution in [0.25, 0.3) is 32.9 Å². The highest BCUT2D eigenvalue weighted by Crippen LogP contribution is 2.47. The highest BCUT2D eigenvalue weighted by molar-refractivity contribution is 6.90. The fourth-order valence-electron chi connectivity index (χ4n) is 12.0. The molecule has 3 aliphatic heterocycles. The van der Waals surface area contributed by atoms with Crippen molar-refractivity contribution in [2.24, 2.45) is 10.9 Å². The van der Waals surface area contributed by atoms with Gasteiger partial charge in [0.25, 0.3) is 0 Å². The second kappa shape index (κ2) is 18.4. The van der Waals surface area contributed by atoms with Gasteiger partial charge in [-0.25, -0.2) is 13.8 Å². The van der Waals surface area contributed by atoms with Crippen molar-refractivity contribution in [3.63, 3.8) is 0 Å². The van der Waals surface area contributed by atoms with Crippen LogP contribution in [0.2, 0.25) is 16.6 Å². The number of benzene rings is 4. The van der Waals surface area contributed by atoms with Gasteiger partial charge in [0.15, 0.2) is 0 Å². The third-order valence-corrected chi connectivity index (χ3v) is 21.8. The number of pyridine rings is 1. The van der Waals surface area contributed by atoms with Gasteiger partial charge in [-0.2, -0.15) is 9.97 Å². The van der Waals surface area contributed by atoms with E-state index in [9.17, 15) is 2.74 Å². The molecule has 11 heteroatoms. The van der Waals surface area contributed by atoms with Crippen LogP contribution >= 0.6 is 0 Å². The van der Waals surface area contributed by atoms with Gasteiger partial charge in [0.05, 0.1) is 55.5 Å². The highest BCUT2D eigenvalue weighted by Gasteiger charge is 2.56. The topological polar surface area (TPSA) is 76.0 Å². The first kappa shape index (κ1) is 43.7. The fourth-order valence-corrected chi connectivity index (χ4v) is 17.2. The normalized spacial score (nSPS) is 23.3. The van der Waals surface area contributed by atoms with Crippen LogP contribution in [0.5, 0.6) is 6.01 Å². The van der Waals surface area contributed by atoms with Gasteiger partial charge < -0.3 is 14.4 Å². The first-order chi connectivity index (χ1) is 33.5. The predicted molar refractivity (Wildman–Crippen MR) is 275 cm³/mol. The summed E-state index contributed by atoms with van der Waals surface area (Å²) in [6.07, 6.45) is 0.689. The number of aliphatic imine (C=N–C) groups is 1. The van der Waals surface area contributed by atoms with E-state index in [-0.39, 0.29) is 24.9 Å². The zero-order chi connectivity index (χ0) is 49.3. The van der Waals surface area contributed by atoms with Crippen LogP contribution in [0.1, 0.15) is 91.4 Å². The molecular formula is C57H64F2N6O2Si. The van der Waals surface area contributed by atoms with Crippen LogP contribution in [0.3, 0.4) is 0 Å². The second-order valence-electron chi connectivity index (χ2n) is 20.5. The van der Waals surface area contributed by atoms with Gasteiger partial charge in [-0.05, 0) is 72.9 Å². The number of anilines is 1. The summed E-state index contributed by atoms with van der Waals surface area (Å²) < 4.78 is 61.9. The molecule has 0 unspecified atom stereocenters. The standard InChI is InChI=1S/C57H64F2N6O2Si/c1-35(2)68(36(3)4,37(5)6)27-22-45-38(7)20-21-42-28-44(61-53(40-16-11-9-12-17-40)41-18-13-10-14-19-41)29-46(49(42)45)51-39(8)52-47(31-60-51)55(65-25-26-66-33-48-50(59)54(48)65)63-56(62-52)67-34-57-23-15-24-64(57)32-43(58)30-57/h9-14,16-21,28-29,31,35-37,43,48,50,54H,15,23-26,30,32-34H2,1-8H3/t43-,48+,50+,54+,57+/m1/s1/i34D2. The molecule has 68 heavy (non-hydrogen) atoms. The van der Waals surface area contributed by atoms with Crippen LogP contribution in [0.15, 0.2) is 96.1 Å². The number of ether oxygens (including phenoxy) is 2. The molecule has 1 aliphatic carbocycles. The third-order valence-electron chi connectivity index (χ3n) is 15.5. The lowest BCUT2D eigenvalue weighted by atomic mass is 9.92. The number of aromatic nitrogens is 3. The molecule has 0 spiro atoms. The number of alkyl halides is 2. The summed E-state index contributed by atoms with van der Waals surface area (Å²) in [5.74, 6) is 3.94. The van der Waals surface area contributed by atoms with Gasteiger partial charge in [-0.1, -0.05) is 120 Å². The molecule has 4 fully saturated rings. The van der Waals surface area contributed by atoms with Gasteiger partial charge in [0.1, 0.15) is 32.8 Å². The summed E-state index contributed by atoms with van der Waals surface area (Å²) in [7, 11) is -2.18. The van der Waals surface area contributed by atoms with E-state index < -0.39 is 38.6 Å². The fraction of sp³-hybridized carbons (Fsp3) is 0.439. The van der Waals surface area contributed by atoms with Crippen LogP contribution in [0.4, 0.5) is 20.3 Å². The molecule has 4 aliphatic rings. The summed E-state index contributed by atoms with van der Waals surface area (Å²) >= 11 is 0. The van der Waals surface area contributed by atoms with E-state index in [1.54, 1.807) is 6.20 Å². The Bertz CT molecular complexity index is 2990. The Morgan fingerprint density at radius 1 is 0.941 bits per heavy atom. The van der Waals surface area contributed by atoms with Gasteiger partial charge in [0, 0.05) is 64.8 Å². The lowest BCUT2D eigenvalue weighted by Crippen LogP contribution is -2.43. The minimum Gasteiger partial charge on any atom is -0.461 e. The quantitative estimate of drug-likeness (QED) is 0.0728. The van der Waals surface area contributed by atoms with Crippen molar-refractivity contribution in [1.82, 2.24) is 19.9 Å². The van der Waals surface area contributed by atoms with Gasteiger partial charge in [0.2, 0.25) is 0 Å². The molecule has 3 saturated heterocycles. The van der Waals surface area contributed by atoms with Gasteiger partial charge in [-0.15, -0.1) is 5.54 Å². The maximum absolute atomic E-state index is 15.6. The summed E-state index contributed by atoms with van der Waals surface area (Å²) in [5, 5.41) is 2.50. The number of hydrogen-bond acceptors (Lipinski definition) is 8. The maximum Gasteiger partial charge on any atom is 0.319 e. The van der Waals surface area contributed by atoms with Gasteiger partial charge >= 0.3 is 6.01 Å². The molecule has 6 aromatic rings. The van der Waals surface area contributed by atoms with E-state index in [0.29, 0.717) is 77.3 Å². The number of hydrogen-bond donors (Lipinski definition) is 0. The molecule has 8 nitrogen and oxygen atoms in total. The Labute approximate surface area is 404 Å². The van der Waals surface area contributed by atoms with Crippen molar-refractivity contribution in [2.45, 2.75) is 115 Å². The monoisotopic (exact) mass is 932 g/mol. The van der Waals surface area contributed by atoms with Crippen LogP contribution < -0.4 is 9.64 Å². The predicted octanol–water partition coefficient (Wildman–Crippen LogP) is 12.3. The van der Waals surface area contributed by atoms with E-state index in [4.69, 9.17) is 29.4 Å². The summed E-state index contributed by atoms with van der Waals surface area (Å²) in [6.45, 7) is 17.5. The Kier molecular flexibility index (Phi) is 11.8. The molecule has 352 valence electrons. The molecule has 4 aromatic carbocycles. The summed E-state index contributed by atoms with van der Waals surface area (Å²) in [6, 6.07) is 28.3. The SMILES string of the molecule is [2H]C([2H])(Oc1nc(N2CCOC[C@H]3[C@H](F)[C@H]32)c2cnc(-c3cc(N=C(c4ccccc4)c4ccccc4)cc4ccc(C)c(C#C[Si](C(C)C)(C(C)C)C(C)C)c34)c(C)c2n1)[C@@]12CCCN1C[C@H](F)C2. The van der Waals surface area contributed by atoms with Crippen molar-refractivity contribution >= 4 is 47.0 Å². The minimum absolute atomic E-state index is 0.0200.